The van der Waals surface area contributed by atoms with Crippen LogP contribution in [0.5, 0.6) is 0 Å². The average Bonchev–Trinajstić information content (AvgIpc) is 2.20. The first kappa shape index (κ1) is 14.2. The molecule has 0 atom stereocenters. The quantitative estimate of drug-likeness (QED) is 0.720. The molecule has 0 unspecified atom stereocenters. The van der Waals surface area contributed by atoms with Gasteiger partial charge in [0.2, 0.25) is 0 Å². The second-order valence-corrected chi connectivity index (χ2v) is 4.54. The van der Waals surface area contributed by atoms with Crippen LogP contribution in [0.3, 0.4) is 0 Å². The van der Waals surface area contributed by atoms with Crippen LogP contribution in [0.4, 0.5) is 0 Å². The van der Waals surface area contributed by atoms with Crippen LogP contribution in [0.25, 0.3) is 0 Å². The zero-order valence-corrected chi connectivity index (χ0v) is 10.7. The molecule has 0 aliphatic carbocycles. The summed E-state index contributed by atoms with van der Waals surface area (Å²) >= 11 is 0. The Balaban J connectivity index is 0.000000921. The van der Waals surface area contributed by atoms with Crippen LogP contribution in [0.2, 0.25) is 0 Å². The molecule has 0 spiro atoms. The van der Waals surface area contributed by atoms with Crippen molar-refractivity contribution in [3.63, 3.8) is 0 Å². The highest BCUT2D eigenvalue weighted by molar-refractivity contribution is 5.13. The lowest BCUT2D eigenvalue weighted by molar-refractivity contribution is 0.0599. The van der Waals surface area contributed by atoms with Crippen molar-refractivity contribution in [1.82, 2.24) is 0 Å². The predicted octanol–water partition coefficient (Wildman–Crippen LogP) is 4.28. The van der Waals surface area contributed by atoms with Crippen LogP contribution in [0, 0.1) is 5.41 Å². The van der Waals surface area contributed by atoms with Crippen molar-refractivity contribution in [2.75, 3.05) is 6.61 Å². The molecular weight excluding hydrogens is 184 g/mol. The molecule has 0 saturated heterocycles. The first-order valence-corrected chi connectivity index (χ1v) is 5.70. The molecule has 1 heteroatoms. The highest BCUT2D eigenvalue weighted by Crippen LogP contribution is 2.14. The normalized spacial score (nSPS) is 10.5. The van der Waals surface area contributed by atoms with E-state index >= 15 is 0 Å². The molecule has 0 aromatic heterocycles. The van der Waals surface area contributed by atoms with Crippen LogP contribution in [-0.4, -0.2) is 6.61 Å². The van der Waals surface area contributed by atoms with Crippen molar-refractivity contribution < 1.29 is 4.74 Å². The second kappa shape index (κ2) is 7.47. The Labute approximate surface area is 94.5 Å². The fourth-order valence-electron chi connectivity index (χ4n) is 1.05. The van der Waals surface area contributed by atoms with Gasteiger partial charge in [0.1, 0.15) is 0 Å². The van der Waals surface area contributed by atoms with Crippen molar-refractivity contribution in [2.45, 2.75) is 41.2 Å². The number of ether oxygens (including phenoxy) is 1. The summed E-state index contributed by atoms with van der Waals surface area (Å²) in [7, 11) is 0. The zero-order chi connectivity index (χ0) is 11.7. The fraction of sp³-hybridized carbons (Fsp3) is 0.571. The Kier molecular flexibility index (Phi) is 7.06. The summed E-state index contributed by atoms with van der Waals surface area (Å²) in [5, 5.41) is 0. The number of rotatable bonds is 3. The smallest absolute Gasteiger partial charge is 0.0717 e. The van der Waals surface area contributed by atoms with Gasteiger partial charge in [0, 0.05) is 0 Å². The van der Waals surface area contributed by atoms with Gasteiger partial charge < -0.3 is 4.74 Å². The van der Waals surface area contributed by atoms with Crippen LogP contribution in [-0.2, 0) is 11.3 Å². The largest absolute Gasteiger partial charge is 0.376 e. The van der Waals surface area contributed by atoms with E-state index in [4.69, 9.17) is 4.74 Å². The van der Waals surface area contributed by atoms with Crippen molar-refractivity contribution in [3.8, 4) is 0 Å². The van der Waals surface area contributed by atoms with Gasteiger partial charge in [-0.1, -0.05) is 65.0 Å². The predicted molar refractivity (Wildman–Crippen MR) is 66.9 cm³/mol. The van der Waals surface area contributed by atoms with E-state index in [-0.39, 0.29) is 5.41 Å². The van der Waals surface area contributed by atoms with Gasteiger partial charge in [0.25, 0.3) is 0 Å². The summed E-state index contributed by atoms with van der Waals surface area (Å²) in [6.45, 7) is 12.1. The minimum absolute atomic E-state index is 0.259. The summed E-state index contributed by atoms with van der Waals surface area (Å²) in [5.41, 5.74) is 1.50. The first-order valence-electron chi connectivity index (χ1n) is 5.70. The highest BCUT2D eigenvalue weighted by Gasteiger charge is 2.09. The van der Waals surface area contributed by atoms with E-state index in [1.807, 2.05) is 32.0 Å². The summed E-state index contributed by atoms with van der Waals surface area (Å²) in [5.74, 6) is 0. The third-order valence-electron chi connectivity index (χ3n) is 1.65. The minimum Gasteiger partial charge on any atom is -0.376 e. The van der Waals surface area contributed by atoms with Gasteiger partial charge in [-0.3, -0.25) is 0 Å². The first-order chi connectivity index (χ1) is 7.08. The molecule has 1 nitrogen and oxygen atoms in total. The van der Waals surface area contributed by atoms with Crippen molar-refractivity contribution >= 4 is 0 Å². The maximum atomic E-state index is 5.58. The fourth-order valence-corrected chi connectivity index (χ4v) is 1.05. The molecule has 1 rings (SSSR count). The summed E-state index contributed by atoms with van der Waals surface area (Å²) in [6, 6.07) is 10.3. The Morgan fingerprint density at radius 2 is 1.53 bits per heavy atom. The maximum Gasteiger partial charge on any atom is 0.0717 e. The van der Waals surface area contributed by atoms with E-state index in [1.165, 1.54) is 5.56 Å². The lowest BCUT2D eigenvalue weighted by Crippen LogP contribution is -2.14. The van der Waals surface area contributed by atoms with E-state index in [2.05, 4.69) is 32.9 Å². The lowest BCUT2D eigenvalue weighted by atomic mass is 9.99. The Morgan fingerprint density at radius 3 is 2.00 bits per heavy atom. The van der Waals surface area contributed by atoms with Crippen LogP contribution < -0.4 is 0 Å². The van der Waals surface area contributed by atoms with Crippen molar-refractivity contribution in [3.05, 3.63) is 35.9 Å². The monoisotopic (exact) mass is 208 g/mol. The maximum absolute atomic E-state index is 5.58. The molecule has 0 aliphatic heterocycles. The van der Waals surface area contributed by atoms with E-state index in [0.29, 0.717) is 0 Å². The Hall–Kier alpha value is -0.820. The van der Waals surface area contributed by atoms with Gasteiger partial charge in [-0.25, -0.2) is 0 Å². The Morgan fingerprint density at radius 1 is 1.00 bits per heavy atom. The summed E-state index contributed by atoms with van der Waals surface area (Å²) in [4.78, 5) is 0. The molecule has 0 N–H and O–H groups in total. The molecule has 1 aromatic rings. The molecule has 1 aromatic carbocycles. The number of benzene rings is 1. The molecular formula is C14H24O. The topological polar surface area (TPSA) is 9.23 Å². The third kappa shape index (κ3) is 8.19. The van der Waals surface area contributed by atoms with Gasteiger partial charge in [-0.05, 0) is 11.0 Å². The van der Waals surface area contributed by atoms with Gasteiger partial charge in [-0.15, -0.1) is 0 Å². The molecule has 0 amide bonds. The molecule has 15 heavy (non-hydrogen) atoms. The standard InChI is InChI=1S/C12H18O.C2H6/c1-12(2,3)10-13-9-11-7-5-4-6-8-11;1-2/h4-8H,9-10H2,1-3H3;1-2H3. The van der Waals surface area contributed by atoms with E-state index in [0.717, 1.165) is 13.2 Å². The zero-order valence-electron chi connectivity index (χ0n) is 10.7. The van der Waals surface area contributed by atoms with Gasteiger partial charge >= 0.3 is 0 Å². The van der Waals surface area contributed by atoms with Crippen LogP contribution >= 0.6 is 0 Å². The average molecular weight is 208 g/mol. The Bertz CT molecular complexity index is 233. The second-order valence-electron chi connectivity index (χ2n) is 4.54. The number of hydrogen-bond donors (Lipinski definition) is 0. The third-order valence-corrected chi connectivity index (χ3v) is 1.65. The molecule has 0 aliphatic rings. The molecule has 0 bridgehead atoms. The summed E-state index contributed by atoms with van der Waals surface area (Å²) < 4.78 is 5.58. The van der Waals surface area contributed by atoms with Crippen molar-refractivity contribution in [2.24, 2.45) is 5.41 Å². The molecule has 0 fully saturated rings. The molecule has 0 saturated carbocycles. The minimum atomic E-state index is 0.259. The van der Waals surface area contributed by atoms with Crippen LogP contribution in [0.15, 0.2) is 30.3 Å². The van der Waals surface area contributed by atoms with Crippen LogP contribution in [0.1, 0.15) is 40.2 Å². The molecule has 0 heterocycles. The van der Waals surface area contributed by atoms with E-state index in [9.17, 15) is 0 Å². The molecule has 86 valence electrons. The van der Waals surface area contributed by atoms with Crippen molar-refractivity contribution in [1.29, 1.82) is 0 Å². The van der Waals surface area contributed by atoms with E-state index in [1.54, 1.807) is 0 Å². The SMILES string of the molecule is CC.CC(C)(C)COCc1ccccc1. The van der Waals surface area contributed by atoms with Gasteiger partial charge in [0.05, 0.1) is 13.2 Å². The van der Waals surface area contributed by atoms with Gasteiger partial charge in [-0.2, -0.15) is 0 Å². The summed E-state index contributed by atoms with van der Waals surface area (Å²) in [6.07, 6.45) is 0. The lowest BCUT2D eigenvalue weighted by Gasteiger charge is -2.17. The number of hydrogen-bond acceptors (Lipinski definition) is 1. The molecule has 0 radical (unpaired) electrons. The highest BCUT2D eigenvalue weighted by atomic mass is 16.5. The van der Waals surface area contributed by atoms with E-state index < -0.39 is 0 Å². The van der Waals surface area contributed by atoms with Gasteiger partial charge in [0.15, 0.2) is 0 Å².